The molecule has 0 fully saturated rings. The molecule has 0 bridgehead atoms. The molecule has 0 aliphatic heterocycles. The van der Waals surface area contributed by atoms with Gasteiger partial charge in [0.1, 0.15) is 11.8 Å². The van der Waals surface area contributed by atoms with Crippen LogP contribution in [0.15, 0.2) is 29.2 Å². The Morgan fingerprint density at radius 1 is 1.15 bits per heavy atom. The summed E-state index contributed by atoms with van der Waals surface area (Å²) in [5.41, 5.74) is 0. The standard InChI is InChI=1S/C16H24N2O7S/c1-10(2)14(15(19)17-13(9-24-3)16(20)21)18-26(22,23)12-7-5-11(25-4)6-8-12/h5-8,10,13-14,18H,9H2,1-4H3,(H,17,19)(H,20,21). The first-order valence-electron chi connectivity index (χ1n) is 7.81. The molecule has 10 heteroatoms. The molecule has 2 atom stereocenters. The van der Waals surface area contributed by atoms with Crippen molar-refractivity contribution in [2.24, 2.45) is 5.92 Å². The average molecular weight is 388 g/mol. The maximum Gasteiger partial charge on any atom is 0.328 e. The molecule has 0 heterocycles. The van der Waals surface area contributed by atoms with Gasteiger partial charge in [0, 0.05) is 7.11 Å². The molecule has 0 aliphatic carbocycles. The number of hydrogen-bond acceptors (Lipinski definition) is 6. The van der Waals surface area contributed by atoms with E-state index in [0.717, 1.165) is 0 Å². The molecule has 26 heavy (non-hydrogen) atoms. The summed E-state index contributed by atoms with van der Waals surface area (Å²) in [4.78, 5) is 23.5. The SMILES string of the molecule is COCC(NC(=O)C(NS(=O)(=O)c1ccc(OC)cc1)C(C)C)C(=O)O. The van der Waals surface area contributed by atoms with Crippen LogP contribution in [0.25, 0.3) is 0 Å². The number of benzene rings is 1. The number of carbonyl (C=O) groups is 2. The molecule has 3 N–H and O–H groups in total. The van der Waals surface area contributed by atoms with Gasteiger partial charge in [0.25, 0.3) is 0 Å². The Labute approximate surface area is 152 Å². The van der Waals surface area contributed by atoms with Gasteiger partial charge in [0.15, 0.2) is 6.04 Å². The Hall–Kier alpha value is -2.17. The predicted octanol–water partition coefficient (Wildman–Crippen LogP) is 0.214. The van der Waals surface area contributed by atoms with Crippen molar-refractivity contribution in [3.63, 3.8) is 0 Å². The van der Waals surface area contributed by atoms with E-state index < -0.39 is 39.9 Å². The molecule has 0 spiro atoms. The van der Waals surface area contributed by atoms with Crippen LogP contribution in [0.1, 0.15) is 13.8 Å². The highest BCUT2D eigenvalue weighted by Gasteiger charge is 2.31. The lowest BCUT2D eigenvalue weighted by Gasteiger charge is -2.23. The molecule has 0 aromatic heterocycles. The zero-order valence-electron chi connectivity index (χ0n) is 15.1. The zero-order chi connectivity index (χ0) is 19.9. The normalized spacial score (nSPS) is 13.9. The van der Waals surface area contributed by atoms with Gasteiger partial charge in [-0.3, -0.25) is 4.79 Å². The number of methoxy groups -OCH3 is 2. The first-order valence-corrected chi connectivity index (χ1v) is 9.29. The lowest BCUT2D eigenvalue weighted by molar-refractivity contribution is -0.143. The largest absolute Gasteiger partial charge is 0.497 e. The molecule has 146 valence electrons. The second kappa shape index (κ2) is 9.51. The van der Waals surface area contributed by atoms with Crippen LogP contribution < -0.4 is 14.8 Å². The molecular weight excluding hydrogens is 364 g/mol. The quantitative estimate of drug-likeness (QED) is 0.522. The number of carbonyl (C=O) groups excluding carboxylic acids is 1. The van der Waals surface area contributed by atoms with Gasteiger partial charge in [-0.25, -0.2) is 13.2 Å². The Morgan fingerprint density at radius 2 is 1.73 bits per heavy atom. The number of carboxylic acid groups (broad SMARTS) is 1. The zero-order valence-corrected chi connectivity index (χ0v) is 15.9. The van der Waals surface area contributed by atoms with Crippen LogP contribution >= 0.6 is 0 Å². The second-order valence-corrected chi connectivity index (χ2v) is 7.59. The van der Waals surface area contributed by atoms with E-state index >= 15 is 0 Å². The number of rotatable bonds is 10. The highest BCUT2D eigenvalue weighted by atomic mass is 32.2. The maximum absolute atomic E-state index is 12.5. The molecule has 2 unspecified atom stereocenters. The fourth-order valence-electron chi connectivity index (χ4n) is 2.09. The molecule has 1 amide bonds. The fourth-order valence-corrected chi connectivity index (χ4v) is 3.43. The van der Waals surface area contributed by atoms with E-state index in [4.69, 9.17) is 14.6 Å². The van der Waals surface area contributed by atoms with Crippen LogP contribution in [0.2, 0.25) is 0 Å². The molecule has 0 saturated carbocycles. The highest BCUT2D eigenvalue weighted by Crippen LogP contribution is 2.16. The van der Waals surface area contributed by atoms with Crippen LogP contribution in [0, 0.1) is 5.92 Å². The number of amides is 1. The molecule has 1 aromatic rings. The van der Waals surface area contributed by atoms with Gasteiger partial charge in [-0.1, -0.05) is 13.8 Å². The number of ether oxygens (including phenoxy) is 2. The van der Waals surface area contributed by atoms with Gasteiger partial charge in [0.2, 0.25) is 15.9 Å². The summed E-state index contributed by atoms with van der Waals surface area (Å²) in [6.07, 6.45) is 0. The van der Waals surface area contributed by atoms with Gasteiger partial charge in [-0.15, -0.1) is 0 Å². The topological polar surface area (TPSA) is 131 Å². The van der Waals surface area contributed by atoms with Crippen LogP contribution in [0.3, 0.4) is 0 Å². The molecule has 1 aromatic carbocycles. The minimum atomic E-state index is -3.99. The van der Waals surface area contributed by atoms with Gasteiger partial charge >= 0.3 is 5.97 Å². The Balaban J connectivity index is 2.98. The van der Waals surface area contributed by atoms with Crippen molar-refractivity contribution in [3.8, 4) is 5.75 Å². The van der Waals surface area contributed by atoms with Crippen molar-refractivity contribution < 1.29 is 32.6 Å². The van der Waals surface area contributed by atoms with E-state index in [-0.39, 0.29) is 11.5 Å². The summed E-state index contributed by atoms with van der Waals surface area (Å²) in [7, 11) is -1.23. The highest BCUT2D eigenvalue weighted by molar-refractivity contribution is 7.89. The fraction of sp³-hybridized carbons (Fsp3) is 0.500. The first-order chi connectivity index (χ1) is 12.1. The van der Waals surface area contributed by atoms with Gasteiger partial charge in [0.05, 0.1) is 18.6 Å². The van der Waals surface area contributed by atoms with Crippen LogP contribution in [0.4, 0.5) is 0 Å². The minimum absolute atomic E-state index is 0.0385. The molecule has 9 nitrogen and oxygen atoms in total. The number of sulfonamides is 1. The van der Waals surface area contributed by atoms with Crippen LogP contribution in [-0.4, -0.2) is 58.3 Å². The third kappa shape index (κ3) is 5.97. The summed E-state index contributed by atoms with van der Waals surface area (Å²) in [6, 6.07) is 3.24. The number of carboxylic acids is 1. The van der Waals surface area contributed by atoms with Crippen LogP contribution in [0.5, 0.6) is 5.75 Å². The average Bonchev–Trinajstić information content (AvgIpc) is 2.58. The summed E-state index contributed by atoms with van der Waals surface area (Å²) in [5, 5.41) is 11.4. The molecule has 0 radical (unpaired) electrons. The second-order valence-electron chi connectivity index (χ2n) is 5.87. The van der Waals surface area contributed by atoms with Gasteiger partial charge < -0.3 is 19.9 Å². The summed E-state index contributed by atoms with van der Waals surface area (Å²) < 4.78 is 37.1. The predicted molar refractivity (Wildman–Crippen MR) is 93.4 cm³/mol. The summed E-state index contributed by atoms with van der Waals surface area (Å²) in [6.45, 7) is 3.05. The van der Waals surface area contributed by atoms with Gasteiger partial charge in [-0.2, -0.15) is 4.72 Å². The third-order valence-electron chi connectivity index (χ3n) is 3.55. The van der Waals surface area contributed by atoms with E-state index in [2.05, 4.69) is 10.0 Å². The van der Waals surface area contributed by atoms with Crippen molar-refractivity contribution in [2.45, 2.75) is 30.8 Å². The molecule has 0 aliphatic rings. The Bertz CT molecular complexity index is 717. The van der Waals surface area contributed by atoms with E-state index in [0.29, 0.717) is 5.75 Å². The van der Waals surface area contributed by atoms with Crippen molar-refractivity contribution in [2.75, 3.05) is 20.8 Å². The van der Waals surface area contributed by atoms with Crippen LogP contribution in [-0.2, 0) is 24.3 Å². The van der Waals surface area contributed by atoms with Crippen molar-refractivity contribution in [1.82, 2.24) is 10.0 Å². The summed E-state index contributed by atoms with van der Waals surface area (Å²) >= 11 is 0. The van der Waals surface area contributed by atoms with E-state index in [9.17, 15) is 18.0 Å². The monoisotopic (exact) mass is 388 g/mol. The number of nitrogens with one attached hydrogen (secondary N) is 2. The third-order valence-corrected chi connectivity index (χ3v) is 5.01. The van der Waals surface area contributed by atoms with E-state index in [1.165, 1.54) is 38.5 Å². The van der Waals surface area contributed by atoms with Gasteiger partial charge in [-0.05, 0) is 30.2 Å². The van der Waals surface area contributed by atoms with Crippen molar-refractivity contribution in [3.05, 3.63) is 24.3 Å². The number of aliphatic carboxylic acids is 1. The van der Waals surface area contributed by atoms with Crippen molar-refractivity contribution >= 4 is 21.9 Å². The first kappa shape index (κ1) is 21.9. The van der Waals surface area contributed by atoms with E-state index in [1.54, 1.807) is 13.8 Å². The smallest absolute Gasteiger partial charge is 0.328 e. The molecule has 1 rings (SSSR count). The molecule has 0 saturated heterocycles. The Morgan fingerprint density at radius 3 is 2.15 bits per heavy atom. The Kier molecular flexibility index (Phi) is 8.00. The summed E-state index contributed by atoms with van der Waals surface area (Å²) in [5.74, 6) is -1.95. The lowest BCUT2D eigenvalue weighted by Crippen LogP contribution is -2.54. The van der Waals surface area contributed by atoms with E-state index in [1.807, 2.05) is 0 Å². The number of hydrogen-bond donors (Lipinski definition) is 3. The minimum Gasteiger partial charge on any atom is -0.497 e. The molecular formula is C16H24N2O7S. The maximum atomic E-state index is 12.5. The van der Waals surface area contributed by atoms with Crippen molar-refractivity contribution in [1.29, 1.82) is 0 Å². The lowest BCUT2D eigenvalue weighted by atomic mass is 10.0.